The molecule has 2 atom stereocenters. The van der Waals surface area contributed by atoms with Crippen LogP contribution in [0.3, 0.4) is 0 Å². The van der Waals surface area contributed by atoms with E-state index in [1.807, 2.05) is 24.4 Å². The van der Waals surface area contributed by atoms with E-state index in [9.17, 15) is 4.79 Å². The quantitative estimate of drug-likeness (QED) is 0.370. The Kier molecular flexibility index (Phi) is 4.73. The number of hydrogen-bond acceptors (Lipinski definition) is 3. The predicted octanol–water partition coefficient (Wildman–Crippen LogP) is 6.03. The summed E-state index contributed by atoms with van der Waals surface area (Å²) in [6.07, 6.45) is 9.55. The molecule has 0 bridgehead atoms. The molecule has 0 saturated carbocycles. The molecule has 2 unspecified atom stereocenters. The van der Waals surface area contributed by atoms with Gasteiger partial charge in [-0.2, -0.15) is 9.78 Å². The Labute approximate surface area is 184 Å². The van der Waals surface area contributed by atoms with Crippen LogP contribution in [0.2, 0.25) is 0 Å². The van der Waals surface area contributed by atoms with Gasteiger partial charge in [0.25, 0.3) is 5.56 Å². The van der Waals surface area contributed by atoms with E-state index in [0.717, 1.165) is 28.2 Å². The number of nitrogens with one attached hydrogen (secondary N) is 1. The van der Waals surface area contributed by atoms with Gasteiger partial charge in [0, 0.05) is 27.5 Å². The highest BCUT2D eigenvalue weighted by molar-refractivity contribution is 9.10. The molecular weight excluding hydrogens is 440 g/mol. The van der Waals surface area contributed by atoms with E-state index < -0.39 is 0 Å². The minimum absolute atomic E-state index is 0.162. The van der Waals surface area contributed by atoms with Crippen molar-refractivity contribution in [1.82, 2.24) is 14.6 Å². The van der Waals surface area contributed by atoms with Crippen molar-refractivity contribution >= 4 is 44.1 Å². The minimum Gasteiger partial charge on any atom is -0.349 e. The molecule has 1 aromatic carbocycles. The van der Waals surface area contributed by atoms with Gasteiger partial charge in [-0.1, -0.05) is 47.8 Å². The highest BCUT2D eigenvalue weighted by Gasteiger charge is 2.36. The van der Waals surface area contributed by atoms with Gasteiger partial charge >= 0.3 is 0 Å². The topological polar surface area (TPSA) is 63.0 Å². The lowest BCUT2D eigenvalue weighted by Crippen LogP contribution is -2.30. The largest absolute Gasteiger partial charge is 0.349 e. The fraction of sp³-hybridized carbons (Fsp3) is 0.458. The average molecular weight is 467 g/mol. The van der Waals surface area contributed by atoms with Crippen LogP contribution in [0.1, 0.15) is 52.9 Å². The van der Waals surface area contributed by atoms with Crippen LogP contribution < -0.4 is 5.56 Å². The first-order chi connectivity index (χ1) is 14.3. The fourth-order valence-corrected chi connectivity index (χ4v) is 5.67. The lowest BCUT2D eigenvalue weighted by Gasteiger charge is -2.42. The zero-order valence-electron chi connectivity index (χ0n) is 17.7. The zero-order chi connectivity index (χ0) is 21.0. The van der Waals surface area contributed by atoms with E-state index in [-0.39, 0.29) is 11.0 Å². The number of nitrogens with zero attached hydrogens (tertiary/aromatic N) is 3. The van der Waals surface area contributed by atoms with Gasteiger partial charge in [-0.3, -0.25) is 4.79 Å². The highest BCUT2D eigenvalue weighted by atomic mass is 79.9. The Morgan fingerprint density at radius 1 is 1.33 bits per heavy atom. The van der Waals surface area contributed by atoms with Crippen molar-refractivity contribution in [2.45, 2.75) is 52.9 Å². The van der Waals surface area contributed by atoms with Gasteiger partial charge in [0.05, 0.1) is 0 Å². The van der Waals surface area contributed by atoms with Crippen molar-refractivity contribution in [1.29, 1.82) is 0 Å². The zero-order valence-corrected chi connectivity index (χ0v) is 19.3. The molecule has 0 fully saturated rings. The number of hydrogen-bond donors (Lipinski definition) is 1. The number of aromatic nitrogens is 3. The predicted molar refractivity (Wildman–Crippen MR) is 126 cm³/mol. The second kappa shape index (κ2) is 7.19. The molecule has 2 aromatic heterocycles. The van der Waals surface area contributed by atoms with Crippen molar-refractivity contribution in [2.75, 3.05) is 0 Å². The Hall–Kier alpha value is -2.21. The third-order valence-electron chi connectivity index (χ3n) is 7.10. The first kappa shape index (κ1) is 19.7. The molecule has 1 N–H and O–H groups in total. The summed E-state index contributed by atoms with van der Waals surface area (Å²) < 4.78 is 2.33. The summed E-state index contributed by atoms with van der Waals surface area (Å²) in [4.78, 5) is 20.8. The Morgan fingerprint density at radius 3 is 3.00 bits per heavy atom. The summed E-state index contributed by atoms with van der Waals surface area (Å²) in [5.41, 5.74) is 5.52. The van der Waals surface area contributed by atoms with E-state index in [4.69, 9.17) is 0 Å². The molecule has 6 heteroatoms. The number of halogens is 1. The molecule has 2 heterocycles. The maximum absolute atomic E-state index is 13.0. The molecule has 0 spiro atoms. The summed E-state index contributed by atoms with van der Waals surface area (Å²) in [6, 6.07) is 5.89. The third-order valence-corrected chi connectivity index (χ3v) is 7.59. The monoisotopic (exact) mass is 466 g/mol. The van der Waals surface area contributed by atoms with Crippen molar-refractivity contribution in [3.8, 4) is 0 Å². The van der Waals surface area contributed by atoms with Gasteiger partial charge in [-0.25, -0.2) is 4.98 Å². The Bertz CT molecular complexity index is 1260. The summed E-state index contributed by atoms with van der Waals surface area (Å²) in [5.74, 6) is 0.890. The minimum atomic E-state index is -0.162. The summed E-state index contributed by atoms with van der Waals surface area (Å²) >= 11 is 3.49. The fourth-order valence-electron chi connectivity index (χ4n) is 5.30. The summed E-state index contributed by atoms with van der Waals surface area (Å²) in [7, 11) is 0. The smallest absolute Gasteiger partial charge is 0.298 e. The molecule has 0 saturated heterocycles. The van der Waals surface area contributed by atoms with Gasteiger partial charge in [-0.15, -0.1) is 0 Å². The number of aromatic amines is 1. The number of fused-ring (bicyclic) bond motifs is 3. The Morgan fingerprint density at radius 2 is 2.17 bits per heavy atom. The molecule has 5 rings (SSSR count). The maximum atomic E-state index is 13.0. The molecule has 0 aliphatic heterocycles. The third kappa shape index (κ3) is 3.25. The molecular formula is C24H27BrN4O. The van der Waals surface area contributed by atoms with Crippen LogP contribution in [0.5, 0.6) is 0 Å². The SMILES string of the molecule is CC1CC2=C(CC1/C=N/n1cnc3c([nH]c4ccc(Br)cc43)c1=O)C(C)(C)CCC2. The molecule has 5 nitrogen and oxygen atoms in total. The van der Waals surface area contributed by atoms with Crippen molar-refractivity contribution in [3.05, 3.63) is 50.5 Å². The lowest BCUT2D eigenvalue weighted by atomic mass is 9.63. The highest BCUT2D eigenvalue weighted by Crippen LogP contribution is 2.48. The molecule has 3 aromatic rings. The van der Waals surface area contributed by atoms with Crippen LogP contribution in [0, 0.1) is 17.3 Å². The number of rotatable bonds is 2. The molecule has 156 valence electrons. The second-order valence-electron chi connectivity index (χ2n) is 9.57. The molecule has 0 radical (unpaired) electrons. The van der Waals surface area contributed by atoms with Crippen molar-refractivity contribution in [2.24, 2.45) is 22.4 Å². The van der Waals surface area contributed by atoms with E-state index in [1.165, 1.54) is 30.3 Å². The van der Waals surface area contributed by atoms with E-state index in [2.05, 4.69) is 51.8 Å². The van der Waals surface area contributed by atoms with Crippen molar-refractivity contribution in [3.63, 3.8) is 0 Å². The summed E-state index contributed by atoms with van der Waals surface area (Å²) in [6.45, 7) is 7.06. The first-order valence-electron chi connectivity index (χ1n) is 10.8. The van der Waals surface area contributed by atoms with E-state index in [1.54, 1.807) is 11.1 Å². The van der Waals surface area contributed by atoms with Crippen molar-refractivity contribution < 1.29 is 0 Å². The Balaban J connectivity index is 1.48. The van der Waals surface area contributed by atoms with Crippen LogP contribution in [-0.4, -0.2) is 20.9 Å². The number of benzene rings is 1. The van der Waals surface area contributed by atoms with Crippen LogP contribution in [0.25, 0.3) is 21.9 Å². The van der Waals surface area contributed by atoms with Gasteiger partial charge < -0.3 is 4.98 Å². The van der Waals surface area contributed by atoms with Gasteiger partial charge in [-0.05, 0) is 61.6 Å². The maximum Gasteiger partial charge on any atom is 0.298 e. The number of allylic oxidation sites excluding steroid dienone is 2. The van der Waals surface area contributed by atoms with E-state index in [0.29, 0.717) is 22.9 Å². The molecule has 2 aliphatic carbocycles. The molecule has 0 amide bonds. The average Bonchev–Trinajstić information content (AvgIpc) is 3.06. The van der Waals surface area contributed by atoms with Crippen LogP contribution in [-0.2, 0) is 0 Å². The second-order valence-corrected chi connectivity index (χ2v) is 10.5. The van der Waals surface area contributed by atoms with E-state index >= 15 is 0 Å². The van der Waals surface area contributed by atoms with Crippen LogP contribution in [0.4, 0.5) is 0 Å². The first-order valence-corrected chi connectivity index (χ1v) is 11.6. The normalized spacial score (nSPS) is 24.1. The van der Waals surface area contributed by atoms with Gasteiger partial charge in [0.15, 0.2) is 0 Å². The summed E-state index contributed by atoms with van der Waals surface area (Å²) in [5, 5.41) is 5.51. The molecule has 30 heavy (non-hydrogen) atoms. The number of H-pyrrole nitrogens is 1. The van der Waals surface area contributed by atoms with Crippen LogP contribution >= 0.6 is 15.9 Å². The standard InChI is InChI=1S/C24H27BrN4O/c1-14-9-15-5-4-8-24(2,3)19(15)10-16(14)12-27-29-13-26-21-18-11-17(25)6-7-20(18)28-22(21)23(29)30/h6-7,11-14,16,28H,4-5,8-10H2,1-3H3/b27-12+. The van der Waals surface area contributed by atoms with Gasteiger partial charge in [0.2, 0.25) is 0 Å². The lowest BCUT2D eigenvalue weighted by molar-refractivity contribution is 0.295. The van der Waals surface area contributed by atoms with Gasteiger partial charge in [0.1, 0.15) is 17.4 Å². The molecule has 2 aliphatic rings. The van der Waals surface area contributed by atoms with Crippen LogP contribution in [0.15, 0.2) is 50.0 Å².